The van der Waals surface area contributed by atoms with Gasteiger partial charge in [-0.1, -0.05) is 12.1 Å². The number of nitrogens with zero attached hydrogens (tertiary/aromatic N) is 3. The van der Waals surface area contributed by atoms with E-state index in [1.807, 2.05) is 36.4 Å². The zero-order valence-electron chi connectivity index (χ0n) is 18.4. The monoisotopic (exact) mass is 444 g/mol. The van der Waals surface area contributed by atoms with Gasteiger partial charge in [0.25, 0.3) is 5.91 Å². The third-order valence-electron chi connectivity index (χ3n) is 5.26. The van der Waals surface area contributed by atoms with E-state index in [2.05, 4.69) is 15.4 Å². The van der Waals surface area contributed by atoms with Crippen LogP contribution in [0.4, 0.5) is 5.69 Å². The van der Waals surface area contributed by atoms with Gasteiger partial charge in [0.2, 0.25) is 5.91 Å². The van der Waals surface area contributed by atoms with Gasteiger partial charge in [0.15, 0.2) is 11.5 Å². The van der Waals surface area contributed by atoms with Gasteiger partial charge in [0, 0.05) is 36.5 Å². The minimum Gasteiger partial charge on any atom is -0.493 e. The lowest BCUT2D eigenvalue weighted by molar-refractivity contribution is -0.132. The largest absolute Gasteiger partial charge is 0.493 e. The minimum absolute atomic E-state index is 0.0518. The number of carbonyl (C=O) groups excluding carboxylic acids is 2. The molecule has 2 heterocycles. The van der Waals surface area contributed by atoms with Gasteiger partial charge in [0.05, 0.1) is 32.0 Å². The summed E-state index contributed by atoms with van der Waals surface area (Å²) in [4.78, 5) is 28.9. The highest BCUT2D eigenvalue weighted by molar-refractivity contribution is 6.05. The van der Waals surface area contributed by atoms with Gasteiger partial charge < -0.3 is 14.8 Å². The zero-order valence-corrected chi connectivity index (χ0v) is 18.4. The van der Waals surface area contributed by atoms with Crippen molar-refractivity contribution in [3.63, 3.8) is 0 Å². The predicted octanol–water partition coefficient (Wildman–Crippen LogP) is 3.88. The fourth-order valence-electron chi connectivity index (χ4n) is 3.57. The number of hydrogen-bond acceptors (Lipinski definition) is 6. The van der Waals surface area contributed by atoms with Crippen LogP contribution in [0.5, 0.6) is 11.5 Å². The second-order valence-corrected chi connectivity index (χ2v) is 7.46. The number of hydrazone groups is 1. The van der Waals surface area contributed by atoms with Gasteiger partial charge in [-0.25, -0.2) is 5.01 Å². The molecule has 0 bridgehead atoms. The first-order chi connectivity index (χ1) is 16.1. The Kier molecular flexibility index (Phi) is 6.64. The fourth-order valence-corrected chi connectivity index (χ4v) is 3.57. The summed E-state index contributed by atoms with van der Waals surface area (Å²) in [5.74, 6) is 0.945. The minimum atomic E-state index is -0.247. The number of anilines is 1. The van der Waals surface area contributed by atoms with Crippen LogP contribution in [0.3, 0.4) is 0 Å². The molecule has 0 spiro atoms. The van der Waals surface area contributed by atoms with Crippen molar-refractivity contribution >= 4 is 23.2 Å². The zero-order chi connectivity index (χ0) is 23.2. The molecular weight excluding hydrogens is 420 g/mol. The van der Waals surface area contributed by atoms with Crippen molar-refractivity contribution in [3.8, 4) is 11.5 Å². The Balaban J connectivity index is 1.51. The van der Waals surface area contributed by atoms with E-state index in [-0.39, 0.29) is 11.8 Å². The summed E-state index contributed by atoms with van der Waals surface area (Å²) in [7, 11) is 3.17. The van der Waals surface area contributed by atoms with E-state index >= 15 is 0 Å². The van der Waals surface area contributed by atoms with Crippen LogP contribution in [0.2, 0.25) is 0 Å². The van der Waals surface area contributed by atoms with Gasteiger partial charge in [-0.3, -0.25) is 14.6 Å². The normalized spacial score (nSPS) is 13.3. The van der Waals surface area contributed by atoms with Crippen LogP contribution in [-0.2, 0) is 11.3 Å². The predicted molar refractivity (Wildman–Crippen MR) is 124 cm³/mol. The van der Waals surface area contributed by atoms with Crippen molar-refractivity contribution in [2.45, 2.75) is 19.4 Å². The number of ether oxygens (including phenoxy) is 2. The van der Waals surface area contributed by atoms with Gasteiger partial charge in [0.1, 0.15) is 0 Å². The SMILES string of the molecule is COc1ccc(C2=NN(Cc3cccc(NC(=O)c4cccnc4)c3)C(=O)CC2)cc1OC. The first-order valence-corrected chi connectivity index (χ1v) is 10.5. The van der Waals surface area contributed by atoms with E-state index in [0.717, 1.165) is 16.8 Å². The van der Waals surface area contributed by atoms with Crippen LogP contribution in [0.15, 0.2) is 72.1 Å². The fraction of sp³-hybridized carbons (Fsp3) is 0.200. The van der Waals surface area contributed by atoms with Gasteiger partial charge in [-0.05, 0) is 48.0 Å². The molecule has 0 fully saturated rings. The molecule has 8 nitrogen and oxygen atoms in total. The second-order valence-electron chi connectivity index (χ2n) is 7.46. The molecule has 1 aliphatic rings. The summed E-state index contributed by atoms with van der Waals surface area (Å²) < 4.78 is 10.7. The number of methoxy groups -OCH3 is 2. The van der Waals surface area contributed by atoms with Crippen molar-refractivity contribution in [2.75, 3.05) is 19.5 Å². The molecule has 3 aromatic rings. The maximum absolute atomic E-state index is 12.5. The van der Waals surface area contributed by atoms with Crippen LogP contribution in [0.25, 0.3) is 0 Å². The van der Waals surface area contributed by atoms with Crippen LogP contribution in [0.1, 0.15) is 34.3 Å². The average molecular weight is 444 g/mol. The molecule has 0 unspecified atom stereocenters. The maximum atomic E-state index is 12.5. The molecule has 8 heteroatoms. The highest BCUT2D eigenvalue weighted by Crippen LogP contribution is 2.29. The standard InChI is InChI=1S/C25H24N4O4/c1-32-22-10-8-18(14-23(22)33-2)21-9-11-24(30)29(28-21)16-17-5-3-7-20(13-17)27-25(31)19-6-4-12-26-15-19/h3-8,10,12-15H,9,11,16H2,1-2H3,(H,27,31). The second kappa shape index (κ2) is 9.95. The molecule has 168 valence electrons. The third kappa shape index (κ3) is 5.17. The van der Waals surface area contributed by atoms with E-state index < -0.39 is 0 Å². The van der Waals surface area contributed by atoms with Crippen LogP contribution in [0, 0.1) is 0 Å². The number of nitrogens with one attached hydrogen (secondary N) is 1. The van der Waals surface area contributed by atoms with Crippen molar-refractivity contribution in [2.24, 2.45) is 5.10 Å². The number of aromatic nitrogens is 1. The van der Waals surface area contributed by atoms with Crippen molar-refractivity contribution in [1.82, 2.24) is 9.99 Å². The van der Waals surface area contributed by atoms with Crippen LogP contribution < -0.4 is 14.8 Å². The molecule has 0 radical (unpaired) electrons. The summed E-state index contributed by atoms with van der Waals surface area (Å²) >= 11 is 0. The summed E-state index contributed by atoms with van der Waals surface area (Å²) in [5, 5.41) is 8.94. The molecule has 0 atom stereocenters. The van der Waals surface area contributed by atoms with E-state index in [1.54, 1.807) is 38.6 Å². The van der Waals surface area contributed by atoms with E-state index in [4.69, 9.17) is 9.47 Å². The lowest BCUT2D eigenvalue weighted by atomic mass is 10.0. The van der Waals surface area contributed by atoms with E-state index in [9.17, 15) is 9.59 Å². The van der Waals surface area contributed by atoms with E-state index in [0.29, 0.717) is 42.1 Å². The molecule has 0 saturated carbocycles. The van der Waals surface area contributed by atoms with Crippen molar-refractivity contribution < 1.29 is 19.1 Å². The number of hydrogen-bond donors (Lipinski definition) is 1. The molecule has 33 heavy (non-hydrogen) atoms. The number of pyridine rings is 1. The van der Waals surface area contributed by atoms with Crippen LogP contribution >= 0.6 is 0 Å². The summed E-state index contributed by atoms with van der Waals surface area (Å²) in [6, 6.07) is 16.4. The first kappa shape index (κ1) is 22.0. The lowest BCUT2D eigenvalue weighted by Gasteiger charge is -2.24. The maximum Gasteiger partial charge on any atom is 0.257 e. The Morgan fingerprint density at radius 1 is 1.03 bits per heavy atom. The van der Waals surface area contributed by atoms with Crippen molar-refractivity contribution in [1.29, 1.82) is 0 Å². The van der Waals surface area contributed by atoms with Crippen molar-refractivity contribution in [3.05, 3.63) is 83.7 Å². The van der Waals surface area contributed by atoms with Gasteiger partial charge in [-0.15, -0.1) is 0 Å². The molecule has 2 aromatic carbocycles. The lowest BCUT2D eigenvalue weighted by Crippen LogP contribution is -2.31. The first-order valence-electron chi connectivity index (χ1n) is 10.5. The van der Waals surface area contributed by atoms with E-state index in [1.165, 1.54) is 11.2 Å². The topological polar surface area (TPSA) is 93.1 Å². The summed E-state index contributed by atoms with van der Waals surface area (Å²) in [6.45, 7) is 0.298. The van der Waals surface area contributed by atoms with Gasteiger partial charge >= 0.3 is 0 Å². The molecule has 0 saturated heterocycles. The average Bonchev–Trinajstić information content (AvgIpc) is 2.85. The smallest absolute Gasteiger partial charge is 0.257 e. The molecule has 1 aliphatic heterocycles. The highest BCUT2D eigenvalue weighted by Gasteiger charge is 2.22. The highest BCUT2D eigenvalue weighted by atomic mass is 16.5. The number of benzene rings is 2. The molecule has 4 rings (SSSR count). The molecule has 0 aliphatic carbocycles. The quantitative estimate of drug-likeness (QED) is 0.597. The number of rotatable bonds is 7. The Hall–Kier alpha value is -4.20. The molecule has 2 amide bonds. The number of amides is 2. The van der Waals surface area contributed by atoms with Crippen LogP contribution in [-0.4, -0.2) is 41.7 Å². The Morgan fingerprint density at radius 3 is 2.64 bits per heavy atom. The molecule has 1 aromatic heterocycles. The summed E-state index contributed by atoms with van der Waals surface area (Å²) in [5.41, 5.74) is 3.64. The molecular formula is C25H24N4O4. The Bertz CT molecular complexity index is 1190. The Morgan fingerprint density at radius 2 is 1.88 bits per heavy atom. The molecule has 1 N–H and O–H groups in total. The Labute approximate surface area is 191 Å². The summed E-state index contributed by atoms with van der Waals surface area (Å²) in [6.07, 6.45) is 4.04. The third-order valence-corrected chi connectivity index (χ3v) is 5.26. The van der Waals surface area contributed by atoms with Gasteiger partial charge in [-0.2, -0.15) is 5.10 Å². The number of carbonyl (C=O) groups is 2.